The van der Waals surface area contributed by atoms with Crippen LogP contribution in [0.15, 0.2) is 41.4 Å². The third-order valence-corrected chi connectivity index (χ3v) is 4.40. The van der Waals surface area contributed by atoms with Gasteiger partial charge in [-0.05, 0) is 18.2 Å². The molecule has 0 aliphatic rings. The second kappa shape index (κ2) is 8.02. The molecule has 2 aromatic rings. The maximum absolute atomic E-state index is 9.95. The number of halogens is 3. The summed E-state index contributed by atoms with van der Waals surface area (Å²) in [5.74, 6) is -0.0219. The number of aromatic hydroxyl groups is 1. The van der Waals surface area contributed by atoms with Crippen molar-refractivity contribution >= 4 is 41.0 Å². The van der Waals surface area contributed by atoms with E-state index in [1.165, 1.54) is 11.0 Å². The summed E-state index contributed by atoms with van der Waals surface area (Å²) in [6.45, 7) is 0.523. The number of hydrogen-bond donors (Lipinski definition) is 2. The number of phenols is 1. The molecule has 0 aromatic heterocycles. The molecule has 3 nitrogen and oxygen atoms in total. The van der Waals surface area contributed by atoms with Crippen molar-refractivity contribution in [3.8, 4) is 5.75 Å². The smallest absolute Gasteiger partial charge is 0.143 e. The van der Waals surface area contributed by atoms with E-state index in [1.807, 2.05) is 24.3 Å². The van der Waals surface area contributed by atoms with E-state index in [0.29, 0.717) is 17.1 Å². The van der Waals surface area contributed by atoms with E-state index in [4.69, 9.17) is 34.8 Å². The third kappa shape index (κ3) is 4.61. The molecule has 0 radical (unpaired) electrons. The van der Waals surface area contributed by atoms with E-state index in [-0.39, 0.29) is 16.8 Å². The molecule has 0 saturated carbocycles. The Kier molecular flexibility index (Phi) is 6.31. The molecule has 122 valence electrons. The highest BCUT2D eigenvalue weighted by molar-refractivity contribution is 6.36. The van der Waals surface area contributed by atoms with Crippen LogP contribution in [0.1, 0.15) is 17.2 Å². The van der Waals surface area contributed by atoms with Crippen LogP contribution in [0.2, 0.25) is 15.1 Å². The molecular weight excluding hydrogens is 355 g/mol. The zero-order chi connectivity index (χ0) is 17.0. The molecule has 0 unspecified atom stereocenters. The lowest BCUT2D eigenvalue weighted by Gasteiger charge is -2.21. The predicted molar refractivity (Wildman–Crippen MR) is 97.6 cm³/mol. The van der Waals surface area contributed by atoms with Crippen LogP contribution in [-0.4, -0.2) is 32.0 Å². The van der Waals surface area contributed by atoms with Crippen molar-refractivity contribution in [1.82, 2.24) is 0 Å². The minimum absolute atomic E-state index is 0.0219. The Morgan fingerprint density at radius 3 is 2.48 bits per heavy atom. The van der Waals surface area contributed by atoms with E-state index < -0.39 is 0 Å². The summed E-state index contributed by atoms with van der Waals surface area (Å²) in [5.41, 5.74) is 1.54. The molecule has 0 heterocycles. The number of rotatable bonds is 5. The summed E-state index contributed by atoms with van der Waals surface area (Å²) in [6.07, 6.45) is 1.58. The first-order valence-corrected chi connectivity index (χ1v) is 8.26. The van der Waals surface area contributed by atoms with Crippen molar-refractivity contribution in [3.05, 3.63) is 62.6 Å². The van der Waals surface area contributed by atoms with E-state index in [9.17, 15) is 5.11 Å². The van der Waals surface area contributed by atoms with E-state index in [1.54, 1.807) is 12.3 Å². The van der Waals surface area contributed by atoms with Gasteiger partial charge in [0, 0.05) is 27.4 Å². The molecule has 0 amide bonds. The molecule has 6 heteroatoms. The lowest BCUT2D eigenvalue weighted by Crippen LogP contribution is -3.06. The second-order valence-corrected chi connectivity index (χ2v) is 6.72. The fourth-order valence-corrected chi connectivity index (χ4v) is 3.07. The van der Waals surface area contributed by atoms with Gasteiger partial charge in [-0.3, -0.25) is 4.99 Å². The van der Waals surface area contributed by atoms with Crippen LogP contribution in [0, 0.1) is 0 Å². The zero-order valence-corrected chi connectivity index (χ0v) is 15.1. The SMILES string of the molecule is C[NH+](C)[C@H](CN=Cc1cc(Cl)cc(Cl)c1O)c1ccccc1Cl. The number of phenolic OH excluding ortho intramolecular Hbond substituents is 1. The first kappa shape index (κ1) is 18.1. The average molecular weight is 373 g/mol. The number of benzene rings is 2. The van der Waals surface area contributed by atoms with Gasteiger partial charge in [-0.15, -0.1) is 0 Å². The van der Waals surface area contributed by atoms with Crippen molar-refractivity contribution in [2.24, 2.45) is 4.99 Å². The Morgan fingerprint density at radius 2 is 1.83 bits per heavy atom. The maximum atomic E-state index is 9.95. The fraction of sp³-hybridized carbons (Fsp3) is 0.235. The van der Waals surface area contributed by atoms with Crippen LogP contribution in [0.25, 0.3) is 0 Å². The summed E-state index contributed by atoms with van der Waals surface area (Å²) in [5, 5.41) is 11.3. The molecule has 23 heavy (non-hydrogen) atoms. The highest BCUT2D eigenvalue weighted by Crippen LogP contribution is 2.30. The van der Waals surface area contributed by atoms with Crippen LogP contribution >= 0.6 is 34.8 Å². The molecule has 0 bridgehead atoms. The summed E-state index contributed by atoms with van der Waals surface area (Å²) >= 11 is 18.1. The van der Waals surface area contributed by atoms with Gasteiger partial charge < -0.3 is 10.0 Å². The van der Waals surface area contributed by atoms with Gasteiger partial charge in [0.1, 0.15) is 11.8 Å². The first-order valence-electron chi connectivity index (χ1n) is 7.12. The summed E-state index contributed by atoms with van der Waals surface area (Å²) in [4.78, 5) is 5.65. The predicted octanol–water partition coefficient (Wildman–Crippen LogP) is 3.66. The van der Waals surface area contributed by atoms with Crippen LogP contribution in [0.4, 0.5) is 0 Å². The Balaban J connectivity index is 2.22. The number of quaternary nitrogens is 1. The summed E-state index contributed by atoms with van der Waals surface area (Å²) in [7, 11) is 4.11. The standard InChI is InChI=1S/C17H17Cl3N2O/c1-22(2)16(13-5-3-4-6-14(13)19)10-21-9-11-7-12(18)8-15(20)17(11)23/h3-9,16,23H,10H2,1-2H3/p+1/t16-/m1/s1. The van der Waals surface area contributed by atoms with Crippen LogP contribution in [0.5, 0.6) is 5.75 Å². The topological polar surface area (TPSA) is 37.0 Å². The zero-order valence-electron chi connectivity index (χ0n) is 12.9. The van der Waals surface area contributed by atoms with E-state index in [2.05, 4.69) is 19.1 Å². The lowest BCUT2D eigenvalue weighted by atomic mass is 10.1. The molecule has 2 rings (SSSR count). The normalized spacial score (nSPS) is 13.0. The average Bonchev–Trinajstić information content (AvgIpc) is 2.49. The largest absolute Gasteiger partial charge is 0.506 e. The Labute approximate surface area is 151 Å². The van der Waals surface area contributed by atoms with Gasteiger partial charge in [-0.2, -0.15) is 0 Å². The molecule has 0 fully saturated rings. The van der Waals surface area contributed by atoms with E-state index >= 15 is 0 Å². The monoisotopic (exact) mass is 371 g/mol. The third-order valence-electron chi connectivity index (χ3n) is 3.55. The molecular formula is C17H18Cl3N2O+. The number of nitrogens with zero attached hydrogens (tertiary/aromatic N) is 1. The number of hydrogen-bond acceptors (Lipinski definition) is 2. The van der Waals surface area contributed by atoms with Gasteiger partial charge in [0.2, 0.25) is 0 Å². The highest BCUT2D eigenvalue weighted by atomic mass is 35.5. The minimum Gasteiger partial charge on any atom is -0.506 e. The summed E-state index contributed by atoms with van der Waals surface area (Å²) in [6, 6.07) is 11.0. The molecule has 2 N–H and O–H groups in total. The van der Waals surface area contributed by atoms with Gasteiger partial charge in [-0.1, -0.05) is 53.0 Å². The second-order valence-electron chi connectivity index (χ2n) is 5.47. The van der Waals surface area contributed by atoms with E-state index in [0.717, 1.165) is 10.6 Å². The van der Waals surface area contributed by atoms with Crippen molar-refractivity contribution in [2.75, 3.05) is 20.6 Å². The maximum Gasteiger partial charge on any atom is 0.143 e. The van der Waals surface area contributed by atoms with Crippen LogP contribution < -0.4 is 4.90 Å². The highest BCUT2D eigenvalue weighted by Gasteiger charge is 2.19. The van der Waals surface area contributed by atoms with Gasteiger partial charge in [0.25, 0.3) is 0 Å². The quantitative estimate of drug-likeness (QED) is 0.772. The summed E-state index contributed by atoms with van der Waals surface area (Å²) < 4.78 is 0. The Bertz CT molecular complexity index is 717. The van der Waals surface area contributed by atoms with Gasteiger partial charge in [-0.25, -0.2) is 0 Å². The van der Waals surface area contributed by atoms with Crippen LogP contribution in [0.3, 0.4) is 0 Å². The molecule has 0 spiro atoms. The molecule has 0 aliphatic carbocycles. The van der Waals surface area contributed by atoms with Crippen molar-refractivity contribution in [1.29, 1.82) is 0 Å². The molecule has 1 atom stereocenters. The Hall–Kier alpha value is -1.26. The lowest BCUT2D eigenvalue weighted by molar-refractivity contribution is -0.890. The molecule has 2 aromatic carbocycles. The van der Waals surface area contributed by atoms with Crippen molar-refractivity contribution in [3.63, 3.8) is 0 Å². The number of aliphatic imine (C=N–C) groups is 1. The fourth-order valence-electron chi connectivity index (χ4n) is 2.29. The molecule has 0 saturated heterocycles. The Morgan fingerprint density at radius 1 is 1.13 bits per heavy atom. The molecule has 0 aliphatic heterocycles. The first-order chi connectivity index (χ1) is 10.9. The van der Waals surface area contributed by atoms with Crippen LogP contribution in [-0.2, 0) is 0 Å². The van der Waals surface area contributed by atoms with Gasteiger partial charge >= 0.3 is 0 Å². The van der Waals surface area contributed by atoms with Gasteiger partial charge in [0.05, 0.1) is 25.7 Å². The number of nitrogens with one attached hydrogen (secondary N) is 1. The number of likely N-dealkylation sites (N-methyl/N-ethyl adjacent to an activating group) is 1. The van der Waals surface area contributed by atoms with Gasteiger partial charge in [0.15, 0.2) is 0 Å². The van der Waals surface area contributed by atoms with Crippen molar-refractivity contribution in [2.45, 2.75) is 6.04 Å². The minimum atomic E-state index is -0.0219. The van der Waals surface area contributed by atoms with Crippen molar-refractivity contribution < 1.29 is 10.0 Å².